The number of aromatic nitrogens is 1. The summed E-state index contributed by atoms with van der Waals surface area (Å²) < 4.78 is 37.0. The maximum atomic E-state index is 14.7. The largest absolute Gasteiger partial charge is 0.456 e. The van der Waals surface area contributed by atoms with E-state index in [9.17, 15) is 18.5 Å². The van der Waals surface area contributed by atoms with Crippen LogP contribution in [0.5, 0.6) is 11.5 Å². The Morgan fingerprint density at radius 3 is 2.43 bits per heavy atom. The highest BCUT2D eigenvalue weighted by Gasteiger charge is 2.26. The fraction of sp³-hybridized carbons (Fsp3) is 0.308. The van der Waals surface area contributed by atoms with E-state index in [0.717, 1.165) is 5.56 Å². The molecule has 1 amide bonds. The molecule has 11 heteroatoms. The van der Waals surface area contributed by atoms with Crippen molar-refractivity contribution in [3.63, 3.8) is 0 Å². The standard InChI is InChI=1S/C24H27F2N5O3S.C2H6/c1-13(2)27-23(32)20-21(34-17-8-6-7-16(12-17)29-35-30-26)15(4)24(33)31(5)22(20)28-19-10-9-14(3)11-18(19)25;1-2/h6-13,28-30H,1-5H3,(H,27,32);1-2H3. The van der Waals surface area contributed by atoms with Crippen molar-refractivity contribution in [1.29, 1.82) is 0 Å². The molecular weight excluding hydrogens is 500 g/mol. The van der Waals surface area contributed by atoms with E-state index in [4.69, 9.17) is 4.74 Å². The fourth-order valence-corrected chi connectivity index (χ4v) is 3.68. The van der Waals surface area contributed by atoms with Gasteiger partial charge < -0.3 is 20.1 Å². The van der Waals surface area contributed by atoms with Gasteiger partial charge in [-0.05, 0) is 57.5 Å². The van der Waals surface area contributed by atoms with Gasteiger partial charge in [-0.25, -0.2) is 4.39 Å². The van der Waals surface area contributed by atoms with Gasteiger partial charge in [0.1, 0.15) is 22.9 Å². The number of halogens is 2. The molecule has 0 radical (unpaired) electrons. The average Bonchev–Trinajstić information content (AvgIpc) is 2.86. The fourth-order valence-electron chi connectivity index (χ4n) is 3.40. The number of aryl methyl sites for hydroxylation is 1. The van der Waals surface area contributed by atoms with Crippen LogP contribution in [0.15, 0.2) is 47.3 Å². The number of pyridine rings is 1. The summed E-state index contributed by atoms with van der Waals surface area (Å²) in [6.07, 6.45) is 0. The maximum absolute atomic E-state index is 14.7. The van der Waals surface area contributed by atoms with Gasteiger partial charge in [-0.15, -0.1) is 4.48 Å². The average molecular weight is 534 g/mol. The molecule has 1 heterocycles. The van der Waals surface area contributed by atoms with Gasteiger partial charge in [-0.3, -0.25) is 14.2 Å². The van der Waals surface area contributed by atoms with Crippen molar-refractivity contribution in [2.45, 2.75) is 47.6 Å². The Kier molecular flexibility index (Phi) is 10.9. The molecule has 4 N–H and O–H groups in total. The highest BCUT2D eigenvalue weighted by Crippen LogP contribution is 2.35. The molecule has 0 spiro atoms. The van der Waals surface area contributed by atoms with Crippen LogP contribution in [0.25, 0.3) is 0 Å². The molecule has 0 saturated carbocycles. The van der Waals surface area contributed by atoms with Gasteiger partial charge in [0, 0.05) is 24.8 Å². The van der Waals surface area contributed by atoms with E-state index >= 15 is 0 Å². The van der Waals surface area contributed by atoms with Crippen molar-refractivity contribution < 1.29 is 18.4 Å². The van der Waals surface area contributed by atoms with Crippen LogP contribution in [0.1, 0.15) is 49.2 Å². The van der Waals surface area contributed by atoms with E-state index in [0.29, 0.717) is 23.6 Å². The van der Waals surface area contributed by atoms with Crippen molar-refractivity contribution in [3.8, 4) is 11.5 Å². The van der Waals surface area contributed by atoms with Gasteiger partial charge in [0.25, 0.3) is 11.5 Å². The van der Waals surface area contributed by atoms with Crippen LogP contribution in [-0.4, -0.2) is 16.5 Å². The van der Waals surface area contributed by atoms with Crippen LogP contribution in [0.2, 0.25) is 0 Å². The zero-order valence-corrected chi connectivity index (χ0v) is 22.8. The normalized spacial score (nSPS) is 10.4. The smallest absolute Gasteiger partial charge is 0.259 e. The second-order valence-corrected chi connectivity index (χ2v) is 8.75. The van der Waals surface area contributed by atoms with Crippen LogP contribution in [0, 0.1) is 19.7 Å². The van der Waals surface area contributed by atoms with E-state index < -0.39 is 17.3 Å². The summed E-state index contributed by atoms with van der Waals surface area (Å²) in [6.45, 7) is 10.9. The summed E-state index contributed by atoms with van der Waals surface area (Å²) in [5.74, 6) is -0.641. The number of carbonyl (C=O) groups is 1. The molecule has 3 rings (SSSR count). The SMILES string of the molecule is CC.Cc1ccc(Nc2c(C(=O)NC(C)C)c(Oc3cccc(NSNF)c3)c(C)c(=O)n2C)c(F)c1. The van der Waals surface area contributed by atoms with E-state index in [1.807, 2.05) is 13.8 Å². The molecular formula is C26H33F2N5O3S. The quantitative estimate of drug-likeness (QED) is 0.190. The first kappa shape index (κ1) is 29.7. The third kappa shape index (κ3) is 7.46. The number of benzene rings is 2. The first-order chi connectivity index (χ1) is 17.6. The number of hydrogen-bond donors (Lipinski definition) is 4. The first-order valence-corrected chi connectivity index (χ1v) is 12.6. The molecule has 0 aliphatic heterocycles. The van der Waals surface area contributed by atoms with Gasteiger partial charge in [-0.2, -0.15) is 0 Å². The zero-order valence-electron chi connectivity index (χ0n) is 22.0. The summed E-state index contributed by atoms with van der Waals surface area (Å²) in [5, 5.41) is 5.72. The first-order valence-electron chi connectivity index (χ1n) is 11.7. The van der Waals surface area contributed by atoms with Gasteiger partial charge in [0.15, 0.2) is 5.75 Å². The van der Waals surface area contributed by atoms with Crippen molar-refractivity contribution in [2.75, 3.05) is 10.0 Å². The number of nitrogens with one attached hydrogen (secondary N) is 4. The van der Waals surface area contributed by atoms with Crippen molar-refractivity contribution >= 4 is 35.2 Å². The van der Waals surface area contributed by atoms with Gasteiger partial charge in [0.2, 0.25) is 0 Å². The van der Waals surface area contributed by atoms with Crippen LogP contribution < -0.4 is 30.6 Å². The van der Waals surface area contributed by atoms with E-state index in [2.05, 4.69) is 15.4 Å². The lowest BCUT2D eigenvalue weighted by Crippen LogP contribution is -2.34. The number of nitrogens with zero attached hydrogens (tertiary/aromatic N) is 1. The summed E-state index contributed by atoms with van der Waals surface area (Å²) in [5.41, 5.74) is 1.14. The molecule has 0 aliphatic carbocycles. The molecule has 200 valence electrons. The second-order valence-electron chi connectivity index (χ2n) is 8.19. The van der Waals surface area contributed by atoms with Crippen molar-refractivity contribution in [3.05, 3.63) is 75.3 Å². The Balaban J connectivity index is 0.00000235. The van der Waals surface area contributed by atoms with Crippen LogP contribution in [0.4, 0.5) is 26.1 Å². The number of carbonyl (C=O) groups excluding carboxylic acids is 1. The van der Waals surface area contributed by atoms with E-state index in [1.54, 1.807) is 58.0 Å². The summed E-state index contributed by atoms with van der Waals surface area (Å²) in [4.78, 5) is 27.8. The van der Waals surface area contributed by atoms with Crippen LogP contribution in [-0.2, 0) is 7.05 Å². The Labute approximate surface area is 220 Å². The van der Waals surface area contributed by atoms with Gasteiger partial charge in [0.05, 0.1) is 23.4 Å². The summed E-state index contributed by atoms with van der Waals surface area (Å²) >= 11 is 0.619. The molecule has 1 aromatic heterocycles. The number of hydrogen-bond acceptors (Lipinski definition) is 7. The molecule has 37 heavy (non-hydrogen) atoms. The lowest BCUT2D eigenvalue weighted by Gasteiger charge is -2.22. The third-order valence-corrected chi connectivity index (χ3v) is 5.47. The zero-order chi connectivity index (χ0) is 27.7. The summed E-state index contributed by atoms with van der Waals surface area (Å²) in [7, 11) is 1.49. The Morgan fingerprint density at radius 2 is 1.81 bits per heavy atom. The Bertz CT molecular complexity index is 1300. The predicted octanol–water partition coefficient (Wildman–Crippen LogP) is 6.29. The number of anilines is 3. The topological polar surface area (TPSA) is 96.4 Å². The Morgan fingerprint density at radius 1 is 1.11 bits per heavy atom. The predicted molar refractivity (Wildman–Crippen MR) is 147 cm³/mol. The minimum absolute atomic E-state index is 0.0229. The monoisotopic (exact) mass is 533 g/mol. The molecule has 0 fully saturated rings. The highest BCUT2D eigenvalue weighted by molar-refractivity contribution is 7.98. The molecule has 0 saturated heterocycles. The lowest BCUT2D eigenvalue weighted by molar-refractivity contribution is 0.0941. The van der Waals surface area contributed by atoms with Crippen LogP contribution >= 0.6 is 12.1 Å². The lowest BCUT2D eigenvalue weighted by atomic mass is 10.1. The maximum Gasteiger partial charge on any atom is 0.259 e. The van der Waals surface area contributed by atoms with E-state index in [1.165, 1.54) is 28.7 Å². The number of rotatable bonds is 9. The Hall–Kier alpha value is -3.57. The molecule has 0 bridgehead atoms. The van der Waals surface area contributed by atoms with Crippen molar-refractivity contribution in [2.24, 2.45) is 7.05 Å². The van der Waals surface area contributed by atoms with Crippen LogP contribution in [0.3, 0.4) is 0 Å². The number of ether oxygens (including phenoxy) is 1. The van der Waals surface area contributed by atoms with Gasteiger partial charge >= 0.3 is 0 Å². The minimum Gasteiger partial charge on any atom is -0.456 e. The minimum atomic E-state index is -0.534. The molecule has 0 unspecified atom stereocenters. The molecule has 0 aliphatic rings. The highest BCUT2D eigenvalue weighted by atomic mass is 32.2. The summed E-state index contributed by atoms with van der Waals surface area (Å²) in [6, 6.07) is 11.0. The third-order valence-electron chi connectivity index (χ3n) is 5.05. The molecule has 2 aromatic carbocycles. The molecule has 3 aromatic rings. The van der Waals surface area contributed by atoms with E-state index in [-0.39, 0.29) is 34.4 Å². The second kappa shape index (κ2) is 13.7. The molecule has 0 atom stereocenters. The van der Waals surface area contributed by atoms with Crippen molar-refractivity contribution in [1.82, 2.24) is 14.8 Å². The number of amides is 1. The van der Waals surface area contributed by atoms with Gasteiger partial charge in [-0.1, -0.05) is 30.9 Å². The molecule has 8 nitrogen and oxygen atoms in total.